The van der Waals surface area contributed by atoms with Gasteiger partial charge in [0.25, 0.3) is 0 Å². The largest absolute Gasteiger partial charge is 0.354 e. The number of thiophene rings is 1. The maximum Gasteiger partial charge on any atom is 0.223 e. The molecule has 2 aromatic rings. The van der Waals surface area contributed by atoms with Gasteiger partial charge in [0, 0.05) is 43.7 Å². The SMILES string of the molecule is Cn1nc(-c2cccs2)cc1C1CN2CCC1CC2CNC(=O)C1CCCCC1. The Morgan fingerprint density at radius 3 is 2.86 bits per heavy atom. The van der Waals surface area contributed by atoms with Crippen LogP contribution in [0.25, 0.3) is 10.6 Å². The van der Waals surface area contributed by atoms with Gasteiger partial charge in [-0.1, -0.05) is 25.3 Å². The molecule has 5 heterocycles. The monoisotopic (exact) mass is 412 g/mol. The van der Waals surface area contributed by atoms with Crippen molar-refractivity contribution >= 4 is 17.2 Å². The van der Waals surface area contributed by atoms with Crippen LogP contribution in [0.4, 0.5) is 0 Å². The Morgan fingerprint density at radius 2 is 2.14 bits per heavy atom. The van der Waals surface area contributed by atoms with E-state index in [1.54, 1.807) is 11.3 Å². The van der Waals surface area contributed by atoms with Gasteiger partial charge in [-0.05, 0) is 55.7 Å². The number of carbonyl (C=O) groups is 1. The molecule has 1 N–H and O–H groups in total. The van der Waals surface area contributed by atoms with Crippen molar-refractivity contribution < 1.29 is 4.79 Å². The number of amides is 1. The predicted molar refractivity (Wildman–Crippen MR) is 117 cm³/mol. The predicted octanol–water partition coefficient (Wildman–Crippen LogP) is 4.02. The highest BCUT2D eigenvalue weighted by Crippen LogP contribution is 2.42. The van der Waals surface area contributed by atoms with Crippen molar-refractivity contribution in [2.75, 3.05) is 19.6 Å². The molecule has 6 rings (SSSR count). The molecule has 6 heteroatoms. The van der Waals surface area contributed by atoms with Crippen LogP contribution < -0.4 is 5.32 Å². The van der Waals surface area contributed by atoms with Crippen molar-refractivity contribution in [1.29, 1.82) is 0 Å². The van der Waals surface area contributed by atoms with E-state index in [0.29, 0.717) is 23.8 Å². The van der Waals surface area contributed by atoms with Crippen molar-refractivity contribution in [1.82, 2.24) is 20.0 Å². The van der Waals surface area contributed by atoms with Crippen LogP contribution in [0.5, 0.6) is 0 Å². The van der Waals surface area contributed by atoms with Gasteiger partial charge in [-0.3, -0.25) is 14.4 Å². The number of hydrogen-bond acceptors (Lipinski definition) is 4. The zero-order valence-electron chi connectivity index (χ0n) is 17.3. The number of carbonyl (C=O) groups excluding carboxylic acids is 1. The van der Waals surface area contributed by atoms with Crippen molar-refractivity contribution in [3.8, 4) is 10.6 Å². The lowest BCUT2D eigenvalue weighted by Crippen LogP contribution is -2.56. The van der Waals surface area contributed by atoms with Crippen LogP contribution >= 0.6 is 11.3 Å². The zero-order chi connectivity index (χ0) is 19.8. The smallest absolute Gasteiger partial charge is 0.223 e. The first-order valence-electron chi connectivity index (χ1n) is 11.3. The van der Waals surface area contributed by atoms with E-state index in [4.69, 9.17) is 5.10 Å². The van der Waals surface area contributed by atoms with Crippen LogP contribution in [-0.2, 0) is 11.8 Å². The van der Waals surface area contributed by atoms with E-state index >= 15 is 0 Å². The van der Waals surface area contributed by atoms with E-state index in [1.165, 1.54) is 49.2 Å². The molecule has 4 unspecified atom stereocenters. The van der Waals surface area contributed by atoms with Gasteiger partial charge in [-0.15, -0.1) is 11.3 Å². The molecule has 3 saturated heterocycles. The standard InChI is InChI=1S/C23H32N4OS/c1-26-21(13-20(25-26)22-8-5-11-29-22)19-15-27-10-9-17(19)12-18(27)14-24-23(28)16-6-3-2-4-7-16/h5,8,11,13,16-19H,2-4,6-7,9-10,12,14-15H2,1H3,(H,24,28). The van der Waals surface area contributed by atoms with Gasteiger partial charge in [0.1, 0.15) is 5.69 Å². The number of piperidine rings is 3. The van der Waals surface area contributed by atoms with Gasteiger partial charge in [-0.25, -0.2) is 0 Å². The maximum absolute atomic E-state index is 12.6. The van der Waals surface area contributed by atoms with Gasteiger partial charge in [0.05, 0.1) is 4.88 Å². The van der Waals surface area contributed by atoms with E-state index in [1.807, 2.05) is 0 Å². The molecule has 2 bridgehead atoms. The summed E-state index contributed by atoms with van der Waals surface area (Å²) in [6.07, 6.45) is 8.35. The number of aromatic nitrogens is 2. The Kier molecular flexibility index (Phi) is 5.48. The first kappa shape index (κ1) is 19.3. The molecule has 4 aliphatic rings. The fourth-order valence-corrected chi connectivity index (χ4v) is 6.47. The summed E-state index contributed by atoms with van der Waals surface area (Å²) in [6.45, 7) is 3.09. The van der Waals surface area contributed by atoms with Crippen LogP contribution in [0.3, 0.4) is 0 Å². The molecule has 0 aromatic carbocycles. The summed E-state index contributed by atoms with van der Waals surface area (Å²) in [4.78, 5) is 16.4. The van der Waals surface area contributed by atoms with E-state index in [2.05, 4.69) is 45.5 Å². The number of aryl methyl sites for hydroxylation is 1. The molecule has 3 aliphatic heterocycles. The second-order valence-corrected chi connectivity index (χ2v) is 10.1. The van der Waals surface area contributed by atoms with Crippen LogP contribution in [0.2, 0.25) is 0 Å². The highest BCUT2D eigenvalue weighted by molar-refractivity contribution is 7.13. The van der Waals surface area contributed by atoms with Crippen LogP contribution in [0.15, 0.2) is 23.6 Å². The molecule has 29 heavy (non-hydrogen) atoms. The zero-order valence-corrected chi connectivity index (χ0v) is 18.2. The average Bonchev–Trinajstić information content (AvgIpc) is 3.43. The van der Waals surface area contributed by atoms with Gasteiger partial charge in [0.15, 0.2) is 0 Å². The summed E-state index contributed by atoms with van der Waals surface area (Å²) in [7, 11) is 2.09. The second kappa shape index (κ2) is 8.23. The molecule has 2 aromatic heterocycles. The topological polar surface area (TPSA) is 50.2 Å². The van der Waals surface area contributed by atoms with Crippen molar-refractivity contribution in [3.05, 3.63) is 29.3 Å². The summed E-state index contributed by atoms with van der Waals surface area (Å²) >= 11 is 1.75. The van der Waals surface area contributed by atoms with Gasteiger partial charge in [-0.2, -0.15) is 5.10 Å². The Labute approximate surface area is 177 Å². The molecule has 1 aliphatic carbocycles. The fourth-order valence-electron chi connectivity index (χ4n) is 5.79. The molecule has 1 saturated carbocycles. The number of rotatable bonds is 5. The van der Waals surface area contributed by atoms with Gasteiger partial charge >= 0.3 is 0 Å². The lowest BCUT2D eigenvalue weighted by atomic mass is 9.74. The summed E-state index contributed by atoms with van der Waals surface area (Å²) in [5.41, 5.74) is 2.47. The van der Waals surface area contributed by atoms with Crippen molar-refractivity contribution in [2.24, 2.45) is 18.9 Å². The molecular weight excluding hydrogens is 380 g/mol. The molecule has 5 nitrogen and oxygen atoms in total. The van der Waals surface area contributed by atoms with Crippen LogP contribution in [0, 0.1) is 11.8 Å². The number of fused-ring (bicyclic) bond motifs is 3. The molecule has 0 spiro atoms. The minimum absolute atomic E-state index is 0.261. The van der Waals surface area contributed by atoms with Crippen LogP contribution in [-0.4, -0.2) is 46.3 Å². The first-order valence-corrected chi connectivity index (χ1v) is 12.2. The molecule has 4 atom stereocenters. The number of hydrogen-bond donors (Lipinski definition) is 1. The van der Waals surface area contributed by atoms with Crippen molar-refractivity contribution in [3.63, 3.8) is 0 Å². The fraction of sp³-hybridized carbons (Fsp3) is 0.652. The third-order valence-corrected chi connectivity index (χ3v) is 8.33. The quantitative estimate of drug-likeness (QED) is 0.807. The Hall–Kier alpha value is -1.66. The summed E-state index contributed by atoms with van der Waals surface area (Å²) in [6, 6.07) is 7.05. The molecule has 156 valence electrons. The number of nitrogens with one attached hydrogen (secondary N) is 1. The summed E-state index contributed by atoms with van der Waals surface area (Å²) in [5, 5.41) is 10.2. The third kappa shape index (κ3) is 3.89. The highest BCUT2D eigenvalue weighted by Gasteiger charge is 2.42. The van der Waals surface area contributed by atoms with E-state index in [9.17, 15) is 4.79 Å². The minimum atomic E-state index is 0.261. The van der Waals surface area contributed by atoms with Gasteiger partial charge in [0.2, 0.25) is 5.91 Å². The van der Waals surface area contributed by atoms with Crippen molar-refractivity contribution in [2.45, 2.75) is 56.9 Å². The lowest BCUT2D eigenvalue weighted by Gasteiger charge is -2.50. The minimum Gasteiger partial charge on any atom is -0.354 e. The third-order valence-electron chi connectivity index (χ3n) is 7.44. The Morgan fingerprint density at radius 1 is 1.28 bits per heavy atom. The Balaban J connectivity index is 1.22. The lowest BCUT2D eigenvalue weighted by molar-refractivity contribution is -0.126. The summed E-state index contributed by atoms with van der Waals surface area (Å²) in [5.74, 6) is 1.82. The maximum atomic E-state index is 12.6. The molecule has 1 amide bonds. The summed E-state index contributed by atoms with van der Waals surface area (Å²) < 4.78 is 2.10. The number of nitrogens with zero attached hydrogens (tertiary/aromatic N) is 3. The Bertz CT molecular complexity index is 839. The molecule has 0 radical (unpaired) electrons. The van der Waals surface area contributed by atoms with Gasteiger partial charge < -0.3 is 5.32 Å². The normalized spacial score (nSPS) is 29.8. The van der Waals surface area contributed by atoms with E-state index < -0.39 is 0 Å². The van der Waals surface area contributed by atoms with E-state index in [-0.39, 0.29) is 5.92 Å². The average molecular weight is 413 g/mol. The molecular formula is C23H32N4OS. The molecule has 4 fully saturated rings. The van der Waals surface area contributed by atoms with Crippen LogP contribution in [0.1, 0.15) is 56.6 Å². The second-order valence-electron chi connectivity index (χ2n) is 9.18. The van der Waals surface area contributed by atoms with E-state index in [0.717, 1.165) is 31.6 Å². The highest BCUT2D eigenvalue weighted by atomic mass is 32.1. The first-order chi connectivity index (χ1) is 14.2.